The minimum absolute atomic E-state index is 0.157. The van der Waals surface area contributed by atoms with Gasteiger partial charge in [-0.2, -0.15) is 0 Å². The third-order valence-corrected chi connectivity index (χ3v) is 1.04. The summed E-state index contributed by atoms with van der Waals surface area (Å²) < 4.78 is 9.45. The highest BCUT2D eigenvalue weighted by Gasteiger charge is 2.06. The minimum atomic E-state index is -1.13. The Hall–Kier alpha value is -0.940. The van der Waals surface area contributed by atoms with Crippen LogP contribution in [-0.4, -0.2) is 43.8 Å². The molecule has 0 aromatic carbocycles. The van der Waals surface area contributed by atoms with Crippen molar-refractivity contribution in [2.24, 2.45) is 0 Å². The number of rotatable bonds is 7. The molecule has 12 heavy (non-hydrogen) atoms. The summed E-state index contributed by atoms with van der Waals surface area (Å²) in [5.41, 5.74) is 0. The van der Waals surface area contributed by atoms with Crippen LogP contribution in [-0.2, 0) is 19.1 Å². The molecule has 0 saturated carbocycles. The molecule has 0 aromatic heterocycles. The second kappa shape index (κ2) is 6.75. The Balaban J connectivity index is 3.26. The average molecular weight is 176 g/mol. The topological polar surface area (TPSA) is 72.8 Å². The Morgan fingerprint density at radius 1 is 1.33 bits per heavy atom. The van der Waals surface area contributed by atoms with Gasteiger partial charge in [-0.05, 0) is 0 Å². The van der Waals surface area contributed by atoms with Gasteiger partial charge in [0.1, 0.15) is 13.0 Å². The quantitative estimate of drug-likeness (QED) is 0.425. The number of ketones is 1. The molecule has 0 aliphatic carbocycles. The standard InChI is InChI=1S/C7H12O5/c1-11-2-3-12-5-6(8)4-7(9)10/h2-5H2,1H3,(H,9,10). The van der Waals surface area contributed by atoms with Gasteiger partial charge < -0.3 is 14.6 Å². The number of carbonyl (C=O) groups is 2. The number of hydrogen-bond acceptors (Lipinski definition) is 4. The zero-order chi connectivity index (χ0) is 9.40. The van der Waals surface area contributed by atoms with E-state index in [9.17, 15) is 9.59 Å². The van der Waals surface area contributed by atoms with Crippen molar-refractivity contribution in [2.75, 3.05) is 26.9 Å². The number of carboxylic acids is 1. The predicted molar refractivity (Wildman–Crippen MR) is 40.0 cm³/mol. The summed E-state index contributed by atoms with van der Waals surface area (Å²) in [4.78, 5) is 20.7. The zero-order valence-electron chi connectivity index (χ0n) is 6.91. The van der Waals surface area contributed by atoms with Crippen molar-refractivity contribution in [3.8, 4) is 0 Å². The Morgan fingerprint density at radius 2 is 2.00 bits per heavy atom. The molecule has 0 atom stereocenters. The number of aliphatic carboxylic acids is 1. The van der Waals surface area contributed by atoms with E-state index in [1.54, 1.807) is 0 Å². The lowest BCUT2D eigenvalue weighted by molar-refractivity contribution is -0.141. The molecule has 0 rings (SSSR count). The van der Waals surface area contributed by atoms with Gasteiger partial charge in [0.05, 0.1) is 13.2 Å². The van der Waals surface area contributed by atoms with Crippen LogP contribution in [0.25, 0.3) is 0 Å². The highest BCUT2D eigenvalue weighted by atomic mass is 16.5. The molecule has 0 amide bonds. The lowest BCUT2D eigenvalue weighted by Crippen LogP contribution is -2.15. The lowest BCUT2D eigenvalue weighted by atomic mass is 10.3. The summed E-state index contributed by atoms with van der Waals surface area (Å²) in [5, 5.41) is 8.19. The molecule has 0 aliphatic rings. The minimum Gasteiger partial charge on any atom is -0.481 e. The molecule has 0 unspecified atom stereocenters. The molecular weight excluding hydrogens is 164 g/mol. The van der Waals surface area contributed by atoms with Gasteiger partial charge in [0.2, 0.25) is 0 Å². The van der Waals surface area contributed by atoms with E-state index >= 15 is 0 Å². The fourth-order valence-corrected chi connectivity index (χ4v) is 0.548. The molecule has 5 heteroatoms. The third kappa shape index (κ3) is 7.17. The third-order valence-electron chi connectivity index (χ3n) is 1.04. The average Bonchev–Trinajstić information content (AvgIpc) is 1.97. The largest absolute Gasteiger partial charge is 0.481 e. The molecule has 5 nitrogen and oxygen atoms in total. The van der Waals surface area contributed by atoms with E-state index in [0.29, 0.717) is 13.2 Å². The van der Waals surface area contributed by atoms with Crippen LogP contribution in [0.3, 0.4) is 0 Å². The number of carboxylic acid groups (broad SMARTS) is 1. The van der Waals surface area contributed by atoms with Crippen LogP contribution in [0.4, 0.5) is 0 Å². The van der Waals surface area contributed by atoms with Crippen molar-refractivity contribution in [3.05, 3.63) is 0 Å². The van der Waals surface area contributed by atoms with Crippen LogP contribution in [0.15, 0.2) is 0 Å². The monoisotopic (exact) mass is 176 g/mol. The van der Waals surface area contributed by atoms with E-state index < -0.39 is 18.2 Å². The summed E-state index contributed by atoms with van der Waals surface area (Å²) in [5.74, 6) is -1.56. The van der Waals surface area contributed by atoms with Crippen molar-refractivity contribution in [3.63, 3.8) is 0 Å². The first kappa shape index (κ1) is 11.1. The summed E-state index contributed by atoms with van der Waals surface area (Å²) in [6.07, 6.45) is -0.479. The maximum atomic E-state index is 10.7. The Labute approximate surface area is 70.3 Å². The highest BCUT2D eigenvalue weighted by Crippen LogP contribution is 1.85. The van der Waals surface area contributed by atoms with Crippen molar-refractivity contribution in [1.82, 2.24) is 0 Å². The first-order chi connectivity index (χ1) is 5.66. The van der Waals surface area contributed by atoms with Crippen LogP contribution < -0.4 is 0 Å². The maximum absolute atomic E-state index is 10.7. The fraction of sp³-hybridized carbons (Fsp3) is 0.714. The predicted octanol–water partition coefficient (Wildman–Crippen LogP) is -0.307. The molecule has 0 aromatic rings. The van der Waals surface area contributed by atoms with Crippen LogP contribution in [0.5, 0.6) is 0 Å². The normalized spacial score (nSPS) is 9.75. The smallest absolute Gasteiger partial charge is 0.310 e. The molecule has 0 aliphatic heterocycles. The van der Waals surface area contributed by atoms with Crippen molar-refractivity contribution in [1.29, 1.82) is 0 Å². The first-order valence-corrected chi connectivity index (χ1v) is 3.47. The number of Topliss-reactive ketones (excluding diaryl/α,β-unsaturated/α-hetero) is 1. The lowest BCUT2D eigenvalue weighted by Gasteiger charge is -2.00. The maximum Gasteiger partial charge on any atom is 0.310 e. The number of methoxy groups -OCH3 is 1. The number of ether oxygens (including phenoxy) is 2. The summed E-state index contributed by atoms with van der Waals surface area (Å²) in [7, 11) is 1.52. The Kier molecular flexibility index (Phi) is 6.22. The van der Waals surface area contributed by atoms with Gasteiger partial charge in [0, 0.05) is 7.11 Å². The van der Waals surface area contributed by atoms with Gasteiger partial charge in [0.25, 0.3) is 0 Å². The van der Waals surface area contributed by atoms with Crippen molar-refractivity contribution < 1.29 is 24.2 Å². The molecule has 0 heterocycles. The first-order valence-electron chi connectivity index (χ1n) is 3.47. The SMILES string of the molecule is COCCOCC(=O)CC(=O)O. The van der Waals surface area contributed by atoms with Gasteiger partial charge in [-0.15, -0.1) is 0 Å². The summed E-state index contributed by atoms with van der Waals surface area (Å²) >= 11 is 0. The second-order valence-corrected chi connectivity index (χ2v) is 2.15. The van der Waals surface area contributed by atoms with E-state index in [1.807, 2.05) is 0 Å². The molecule has 0 saturated heterocycles. The summed E-state index contributed by atoms with van der Waals surface area (Å²) in [6.45, 7) is 0.553. The molecule has 0 spiro atoms. The molecule has 0 radical (unpaired) electrons. The molecule has 0 fully saturated rings. The van der Waals surface area contributed by atoms with E-state index in [0.717, 1.165) is 0 Å². The fourth-order valence-electron chi connectivity index (χ4n) is 0.548. The van der Waals surface area contributed by atoms with Crippen LogP contribution in [0.2, 0.25) is 0 Å². The summed E-state index contributed by atoms with van der Waals surface area (Å²) in [6, 6.07) is 0. The van der Waals surface area contributed by atoms with Crippen LogP contribution >= 0.6 is 0 Å². The van der Waals surface area contributed by atoms with E-state index in [1.165, 1.54) is 7.11 Å². The van der Waals surface area contributed by atoms with Gasteiger partial charge in [0.15, 0.2) is 5.78 Å². The molecule has 70 valence electrons. The van der Waals surface area contributed by atoms with Gasteiger partial charge in [-0.1, -0.05) is 0 Å². The molecular formula is C7H12O5. The van der Waals surface area contributed by atoms with Gasteiger partial charge >= 0.3 is 5.97 Å². The molecule has 1 N–H and O–H groups in total. The van der Waals surface area contributed by atoms with E-state index in [2.05, 4.69) is 4.74 Å². The van der Waals surface area contributed by atoms with Crippen molar-refractivity contribution in [2.45, 2.75) is 6.42 Å². The molecule has 0 bridgehead atoms. The van der Waals surface area contributed by atoms with Crippen molar-refractivity contribution >= 4 is 11.8 Å². The Bertz CT molecular complexity index is 154. The van der Waals surface area contributed by atoms with Crippen LogP contribution in [0, 0.1) is 0 Å². The zero-order valence-corrected chi connectivity index (χ0v) is 6.91. The number of hydrogen-bond donors (Lipinski definition) is 1. The van der Waals surface area contributed by atoms with Gasteiger partial charge in [-0.3, -0.25) is 9.59 Å². The highest BCUT2D eigenvalue weighted by molar-refractivity contribution is 5.95. The van der Waals surface area contributed by atoms with Gasteiger partial charge in [-0.25, -0.2) is 0 Å². The Morgan fingerprint density at radius 3 is 2.50 bits per heavy atom. The van der Waals surface area contributed by atoms with E-state index in [-0.39, 0.29) is 6.61 Å². The second-order valence-electron chi connectivity index (χ2n) is 2.15. The van der Waals surface area contributed by atoms with Crippen LogP contribution in [0.1, 0.15) is 6.42 Å². The van der Waals surface area contributed by atoms with E-state index in [4.69, 9.17) is 9.84 Å². The number of carbonyl (C=O) groups excluding carboxylic acids is 1.